The van der Waals surface area contributed by atoms with Crippen LogP contribution < -0.4 is 5.73 Å². The minimum Gasteiger partial charge on any atom is -0.506 e. The van der Waals surface area contributed by atoms with Crippen molar-refractivity contribution in [3.63, 3.8) is 0 Å². The van der Waals surface area contributed by atoms with E-state index in [1.807, 2.05) is 0 Å². The van der Waals surface area contributed by atoms with Gasteiger partial charge in [-0.2, -0.15) is 8.42 Å². The Labute approximate surface area is 115 Å². The highest BCUT2D eigenvalue weighted by molar-refractivity contribution is 9.11. The van der Waals surface area contributed by atoms with Crippen molar-refractivity contribution in [1.82, 2.24) is 0 Å². The van der Waals surface area contributed by atoms with Crippen molar-refractivity contribution in [2.45, 2.75) is 0 Å². The standard InChI is InChI=1S/C7H6Br2N2O.CH4O3S/c8-4-1-3(7(10)11)2-5(9)6(4)12;1-5(2,3)4/h1-2,12H,(H3,10,11);1H3,(H,2,3,4). The number of nitrogen functional groups attached to an aromatic ring is 1. The monoisotopic (exact) mass is 388 g/mol. The number of aromatic hydroxyl groups is 1. The summed E-state index contributed by atoms with van der Waals surface area (Å²) in [6, 6.07) is 3.17. The molecule has 0 saturated carbocycles. The van der Waals surface area contributed by atoms with E-state index in [9.17, 15) is 13.5 Å². The van der Waals surface area contributed by atoms with Crippen LogP contribution in [-0.4, -0.2) is 30.2 Å². The Morgan fingerprint density at radius 1 is 1.35 bits per heavy atom. The number of nitrogens with one attached hydrogen (secondary N) is 1. The van der Waals surface area contributed by atoms with E-state index in [-0.39, 0.29) is 11.6 Å². The third-order valence-electron chi connectivity index (χ3n) is 1.33. The zero-order chi connectivity index (χ0) is 13.8. The second-order valence-corrected chi connectivity index (χ2v) is 6.11. The van der Waals surface area contributed by atoms with Gasteiger partial charge in [0.1, 0.15) is 11.6 Å². The molecule has 0 atom stereocenters. The van der Waals surface area contributed by atoms with E-state index in [1.165, 1.54) is 0 Å². The Morgan fingerprint density at radius 2 is 1.65 bits per heavy atom. The number of amidine groups is 1. The first-order valence-corrected chi connectivity index (χ1v) is 7.40. The van der Waals surface area contributed by atoms with Crippen molar-refractivity contribution in [2.75, 3.05) is 6.26 Å². The van der Waals surface area contributed by atoms with Crippen molar-refractivity contribution in [2.24, 2.45) is 5.73 Å². The topological polar surface area (TPSA) is 124 Å². The van der Waals surface area contributed by atoms with Crippen molar-refractivity contribution in [3.8, 4) is 5.75 Å². The fraction of sp³-hybridized carbons (Fsp3) is 0.125. The van der Waals surface area contributed by atoms with E-state index in [1.54, 1.807) is 12.1 Å². The van der Waals surface area contributed by atoms with Gasteiger partial charge in [-0.15, -0.1) is 0 Å². The smallest absolute Gasteiger partial charge is 0.261 e. The van der Waals surface area contributed by atoms with Gasteiger partial charge in [-0.3, -0.25) is 9.96 Å². The van der Waals surface area contributed by atoms with Gasteiger partial charge in [0.15, 0.2) is 0 Å². The summed E-state index contributed by atoms with van der Waals surface area (Å²) in [6.45, 7) is 0. The van der Waals surface area contributed by atoms with E-state index >= 15 is 0 Å². The summed E-state index contributed by atoms with van der Waals surface area (Å²) in [5.41, 5.74) is 5.82. The SMILES string of the molecule is CS(=O)(=O)O.N=C(N)c1cc(Br)c(O)c(Br)c1. The van der Waals surface area contributed by atoms with Gasteiger partial charge >= 0.3 is 0 Å². The average Bonchev–Trinajstić information content (AvgIpc) is 2.10. The number of rotatable bonds is 1. The maximum Gasteiger partial charge on any atom is 0.261 e. The summed E-state index contributed by atoms with van der Waals surface area (Å²) in [5.74, 6) is 0.0800. The van der Waals surface area contributed by atoms with Crippen molar-refractivity contribution in [1.29, 1.82) is 5.41 Å². The van der Waals surface area contributed by atoms with Gasteiger partial charge in [0.25, 0.3) is 10.1 Å². The molecule has 1 aromatic carbocycles. The molecule has 0 saturated heterocycles. The molecule has 0 fully saturated rings. The maximum atomic E-state index is 9.31. The van der Waals surface area contributed by atoms with E-state index in [0.717, 1.165) is 0 Å². The Kier molecular flexibility index (Phi) is 6.10. The quantitative estimate of drug-likeness (QED) is 0.330. The highest BCUT2D eigenvalue weighted by Crippen LogP contribution is 2.32. The van der Waals surface area contributed by atoms with Crippen LogP contribution in [0.2, 0.25) is 0 Å². The summed E-state index contributed by atoms with van der Waals surface area (Å²) in [4.78, 5) is 0. The van der Waals surface area contributed by atoms with Crippen LogP contribution in [-0.2, 0) is 10.1 Å². The number of hydrogen-bond donors (Lipinski definition) is 4. The van der Waals surface area contributed by atoms with Crippen LogP contribution in [0, 0.1) is 5.41 Å². The Morgan fingerprint density at radius 3 is 1.88 bits per heavy atom. The van der Waals surface area contributed by atoms with E-state index in [4.69, 9.17) is 15.7 Å². The molecule has 1 aromatic rings. The molecular weight excluding hydrogens is 380 g/mol. The first-order valence-electron chi connectivity index (χ1n) is 3.97. The minimum atomic E-state index is -3.67. The van der Waals surface area contributed by atoms with Gasteiger partial charge in [-0.1, -0.05) is 0 Å². The number of nitrogens with two attached hydrogens (primary N) is 1. The van der Waals surface area contributed by atoms with Crippen molar-refractivity contribution >= 4 is 47.8 Å². The molecule has 9 heteroatoms. The fourth-order valence-corrected chi connectivity index (χ4v) is 1.91. The van der Waals surface area contributed by atoms with E-state index in [2.05, 4.69) is 31.9 Å². The lowest BCUT2D eigenvalue weighted by molar-refractivity contribution is 0.468. The molecule has 5 N–H and O–H groups in total. The van der Waals surface area contributed by atoms with Gasteiger partial charge in [0.05, 0.1) is 15.2 Å². The number of benzene rings is 1. The summed E-state index contributed by atoms with van der Waals surface area (Å²) in [6.07, 6.45) is 0.715. The predicted molar refractivity (Wildman–Crippen MR) is 72.0 cm³/mol. The van der Waals surface area contributed by atoms with Crippen LogP contribution in [0.15, 0.2) is 21.1 Å². The third-order valence-corrected chi connectivity index (χ3v) is 2.54. The highest BCUT2D eigenvalue weighted by atomic mass is 79.9. The summed E-state index contributed by atoms with van der Waals surface area (Å²) >= 11 is 6.27. The largest absolute Gasteiger partial charge is 0.506 e. The molecule has 0 aromatic heterocycles. The van der Waals surface area contributed by atoms with E-state index in [0.29, 0.717) is 20.8 Å². The summed E-state index contributed by atoms with van der Waals surface area (Å²) in [7, 11) is -3.67. The normalized spacial score (nSPS) is 10.4. The maximum absolute atomic E-state index is 9.31. The molecule has 17 heavy (non-hydrogen) atoms. The molecule has 0 aliphatic carbocycles. The highest BCUT2D eigenvalue weighted by Gasteiger charge is 2.06. The Bertz CT molecular complexity index is 499. The Hall–Kier alpha value is -0.640. The van der Waals surface area contributed by atoms with Crippen LogP contribution in [0.5, 0.6) is 5.75 Å². The van der Waals surface area contributed by atoms with Gasteiger partial charge < -0.3 is 10.8 Å². The molecule has 0 heterocycles. The molecule has 0 unspecified atom stereocenters. The zero-order valence-corrected chi connectivity index (χ0v) is 12.6. The lowest BCUT2D eigenvalue weighted by Crippen LogP contribution is -2.10. The van der Waals surface area contributed by atoms with Crippen LogP contribution in [0.25, 0.3) is 0 Å². The van der Waals surface area contributed by atoms with Crippen molar-refractivity contribution < 1.29 is 18.1 Å². The van der Waals surface area contributed by atoms with Crippen LogP contribution >= 0.6 is 31.9 Å². The molecular formula is C8H10Br2N2O4S. The number of phenols is 1. The molecule has 0 radical (unpaired) electrons. The average molecular weight is 390 g/mol. The van der Waals surface area contributed by atoms with Crippen LogP contribution in [0.1, 0.15) is 5.56 Å². The summed E-state index contributed by atoms with van der Waals surface area (Å²) < 4.78 is 26.9. The van der Waals surface area contributed by atoms with Gasteiger partial charge in [-0.25, -0.2) is 0 Å². The van der Waals surface area contributed by atoms with E-state index < -0.39 is 10.1 Å². The molecule has 1 rings (SSSR count). The van der Waals surface area contributed by atoms with Gasteiger partial charge in [-0.05, 0) is 44.0 Å². The number of hydrogen-bond acceptors (Lipinski definition) is 4. The molecule has 0 aliphatic rings. The molecule has 0 amide bonds. The Balaban J connectivity index is 0.000000437. The number of phenolic OH excluding ortho intramolecular Hbond substituents is 1. The first-order chi connectivity index (χ1) is 7.52. The first kappa shape index (κ1) is 16.4. The van der Waals surface area contributed by atoms with Gasteiger partial charge in [0.2, 0.25) is 0 Å². The molecule has 96 valence electrons. The minimum absolute atomic E-state index is 0.0311. The van der Waals surface area contributed by atoms with Crippen molar-refractivity contribution in [3.05, 3.63) is 26.6 Å². The zero-order valence-electron chi connectivity index (χ0n) is 8.61. The number of halogens is 2. The molecule has 6 nitrogen and oxygen atoms in total. The molecule has 0 spiro atoms. The lowest BCUT2D eigenvalue weighted by atomic mass is 10.2. The third kappa shape index (κ3) is 7.31. The lowest BCUT2D eigenvalue weighted by Gasteiger charge is -2.03. The summed E-state index contributed by atoms with van der Waals surface area (Å²) in [5, 5.41) is 16.5. The van der Waals surface area contributed by atoms with Crippen LogP contribution in [0.4, 0.5) is 0 Å². The molecule has 0 bridgehead atoms. The predicted octanol–water partition coefficient (Wildman–Crippen LogP) is 1.71. The van der Waals surface area contributed by atoms with Gasteiger partial charge in [0, 0.05) is 5.56 Å². The second kappa shape index (κ2) is 6.34. The molecule has 0 aliphatic heterocycles. The van der Waals surface area contributed by atoms with Crippen LogP contribution in [0.3, 0.4) is 0 Å². The second-order valence-electron chi connectivity index (χ2n) is 2.94. The fourth-order valence-electron chi connectivity index (χ4n) is 0.721.